The summed E-state index contributed by atoms with van der Waals surface area (Å²) in [5, 5.41) is 3.38. The fraction of sp³-hybridized carbons (Fsp3) is 0.588. The Labute approximate surface area is 121 Å². The summed E-state index contributed by atoms with van der Waals surface area (Å²) in [5.41, 5.74) is 2.50. The molecule has 2 aliphatic rings. The van der Waals surface area contributed by atoms with E-state index < -0.39 is 0 Å². The number of hydrogen-bond donors (Lipinski definition) is 1. The largest absolute Gasteiger partial charge is 0.342 e. The standard InChI is InChI=1S/C17H24N2O/c1-12-7-8-19(11-13(12)2)17(20)16-10-18-9-14-5-3-4-6-15(14)16/h3-6,12-13,16,18H,7-11H2,1-2H3. The Kier molecular flexibility index (Phi) is 3.79. The van der Waals surface area contributed by atoms with Crippen molar-refractivity contribution in [1.82, 2.24) is 10.2 Å². The van der Waals surface area contributed by atoms with Gasteiger partial charge in [-0.2, -0.15) is 0 Å². The van der Waals surface area contributed by atoms with Gasteiger partial charge in [0, 0.05) is 26.2 Å². The summed E-state index contributed by atoms with van der Waals surface area (Å²) in [4.78, 5) is 14.9. The molecule has 0 aliphatic carbocycles. The summed E-state index contributed by atoms with van der Waals surface area (Å²) in [6.07, 6.45) is 1.13. The summed E-state index contributed by atoms with van der Waals surface area (Å²) in [6, 6.07) is 8.35. The van der Waals surface area contributed by atoms with Gasteiger partial charge in [0.05, 0.1) is 5.92 Å². The highest BCUT2D eigenvalue weighted by molar-refractivity contribution is 5.85. The molecule has 3 rings (SSSR count). The molecule has 1 aromatic carbocycles. The number of nitrogens with one attached hydrogen (secondary N) is 1. The van der Waals surface area contributed by atoms with Crippen LogP contribution in [0, 0.1) is 11.8 Å². The zero-order valence-corrected chi connectivity index (χ0v) is 12.4. The average Bonchev–Trinajstić information content (AvgIpc) is 2.49. The van der Waals surface area contributed by atoms with Crippen LogP contribution in [0.4, 0.5) is 0 Å². The summed E-state index contributed by atoms with van der Waals surface area (Å²) in [6.45, 7) is 8.05. The third-order valence-corrected chi connectivity index (χ3v) is 5.04. The molecule has 0 aromatic heterocycles. The van der Waals surface area contributed by atoms with Crippen LogP contribution in [0.15, 0.2) is 24.3 Å². The highest BCUT2D eigenvalue weighted by Gasteiger charge is 2.33. The third kappa shape index (κ3) is 2.47. The Balaban J connectivity index is 1.78. The molecule has 1 saturated heterocycles. The van der Waals surface area contributed by atoms with Crippen molar-refractivity contribution in [2.75, 3.05) is 19.6 Å². The van der Waals surface area contributed by atoms with Gasteiger partial charge in [-0.15, -0.1) is 0 Å². The minimum atomic E-state index is 0.000515. The summed E-state index contributed by atoms with van der Waals surface area (Å²) >= 11 is 0. The van der Waals surface area contributed by atoms with Crippen molar-refractivity contribution in [2.24, 2.45) is 11.8 Å². The molecule has 3 unspecified atom stereocenters. The van der Waals surface area contributed by atoms with Gasteiger partial charge < -0.3 is 10.2 Å². The maximum atomic E-state index is 12.9. The predicted octanol–water partition coefficient (Wildman–Crippen LogP) is 2.38. The van der Waals surface area contributed by atoms with Crippen LogP contribution in [0.25, 0.3) is 0 Å². The Hall–Kier alpha value is -1.35. The van der Waals surface area contributed by atoms with E-state index in [2.05, 4.69) is 42.3 Å². The topological polar surface area (TPSA) is 32.3 Å². The van der Waals surface area contributed by atoms with Crippen LogP contribution in [0.3, 0.4) is 0 Å². The lowest BCUT2D eigenvalue weighted by Gasteiger charge is -2.38. The average molecular weight is 272 g/mol. The lowest BCUT2D eigenvalue weighted by atomic mass is 9.86. The summed E-state index contributed by atoms with van der Waals surface area (Å²) in [7, 11) is 0. The summed E-state index contributed by atoms with van der Waals surface area (Å²) < 4.78 is 0. The van der Waals surface area contributed by atoms with Crippen molar-refractivity contribution in [3.63, 3.8) is 0 Å². The number of nitrogens with zero attached hydrogens (tertiary/aromatic N) is 1. The number of fused-ring (bicyclic) bond motifs is 1. The highest BCUT2D eigenvalue weighted by atomic mass is 16.2. The van der Waals surface area contributed by atoms with E-state index in [1.54, 1.807) is 0 Å². The van der Waals surface area contributed by atoms with Gasteiger partial charge in [-0.25, -0.2) is 0 Å². The van der Waals surface area contributed by atoms with E-state index in [1.165, 1.54) is 11.1 Å². The van der Waals surface area contributed by atoms with Crippen molar-refractivity contribution in [1.29, 1.82) is 0 Å². The van der Waals surface area contributed by atoms with Crippen LogP contribution in [0.5, 0.6) is 0 Å². The quantitative estimate of drug-likeness (QED) is 0.851. The molecule has 2 heterocycles. The van der Waals surface area contributed by atoms with Crippen molar-refractivity contribution < 1.29 is 4.79 Å². The van der Waals surface area contributed by atoms with E-state index in [1.807, 2.05) is 6.07 Å². The van der Waals surface area contributed by atoms with Crippen LogP contribution in [0.1, 0.15) is 37.3 Å². The van der Waals surface area contributed by atoms with Gasteiger partial charge in [-0.1, -0.05) is 38.1 Å². The number of likely N-dealkylation sites (tertiary alicyclic amines) is 1. The molecule has 3 atom stereocenters. The molecule has 0 radical (unpaired) electrons. The van der Waals surface area contributed by atoms with E-state index in [9.17, 15) is 4.79 Å². The molecule has 0 spiro atoms. The highest BCUT2D eigenvalue weighted by Crippen LogP contribution is 2.29. The first-order valence-corrected chi connectivity index (χ1v) is 7.74. The fourth-order valence-electron chi connectivity index (χ4n) is 3.40. The van der Waals surface area contributed by atoms with E-state index >= 15 is 0 Å². The molecule has 3 heteroatoms. The van der Waals surface area contributed by atoms with Crippen LogP contribution in [0.2, 0.25) is 0 Å². The number of amides is 1. The third-order valence-electron chi connectivity index (χ3n) is 5.04. The van der Waals surface area contributed by atoms with Gasteiger partial charge in [0.1, 0.15) is 0 Å². The number of hydrogen-bond acceptors (Lipinski definition) is 2. The second-order valence-electron chi connectivity index (χ2n) is 6.41. The molecule has 1 aromatic rings. The van der Waals surface area contributed by atoms with E-state index in [4.69, 9.17) is 0 Å². The molecule has 1 amide bonds. The lowest BCUT2D eigenvalue weighted by Crippen LogP contribution is -2.47. The SMILES string of the molecule is CC1CCN(C(=O)C2CNCc3ccccc32)CC1C. The monoisotopic (exact) mass is 272 g/mol. The minimum absolute atomic E-state index is 0.000515. The molecule has 108 valence electrons. The van der Waals surface area contributed by atoms with E-state index in [0.29, 0.717) is 11.8 Å². The minimum Gasteiger partial charge on any atom is -0.342 e. The molecule has 1 fully saturated rings. The lowest BCUT2D eigenvalue weighted by molar-refractivity contribution is -0.135. The Morgan fingerprint density at radius 2 is 2.05 bits per heavy atom. The van der Waals surface area contributed by atoms with Gasteiger partial charge >= 0.3 is 0 Å². The van der Waals surface area contributed by atoms with Crippen LogP contribution in [-0.2, 0) is 11.3 Å². The van der Waals surface area contributed by atoms with Crippen LogP contribution in [-0.4, -0.2) is 30.4 Å². The van der Waals surface area contributed by atoms with Crippen molar-refractivity contribution in [3.05, 3.63) is 35.4 Å². The molecule has 2 aliphatic heterocycles. The second-order valence-corrected chi connectivity index (χ2v) is 6.41. The Morgan fingerprint density at radius 3 is 2.85 bits per heavy atom. The number of rotatable bonds is 1. The number of carbonyl (C=O) groups is 1. The summed E-state index contributed by atoms with van der Waals surface area (Å²) in [5.74, 6) is 1.65. The first kappa shape index (κ1) is 13.6. The second kappa shape index (κ2) is 5.57. The van der Waals surface area contributed by atoms with Gasteiger partial charge in [-0.3, -0.25) is 4.79 Å². The smallest absolute Gasteiger partial charge is 0.231 e. The van der Waals surface area contributed by atoms with Gasteiger partial charge in [0.15, 0.2) is 0 Å². The van der Waals surface area contributed by atoms with Gasteiger partial charge in [-0.05, 0) is 29.4 Å². The van der Waals surface area contributed by atoms with E-state index in [-0.39, 0.29) is 5.92 Å². The predicted molar refractivity (Wildman–Crippen MR) is 80.4 cm³/mol. The van der Waals surface area contributed by atoms with Crippen LogP contribution < -0.4 is 5.32 Å². The Bertz CT molecular complexity index is 500. The molecular formula is C17H24N2O. The maximum absolute atomic E-state index is 12.9. The molecule has 3 nitrogen and oxygen atoms in total. The molecule has 20 heavy (non-hydrogen) atoms. The molecule has 1 N–H and O–H groups in total. The van der Waals surface area contributed by atoms with Gasteiger partial charge in [0.25, 0.3) is 0 Å². The first-order valence-electron chi connectivity index (χ1n) is 7.74. The molecule has 0 saturated carbocycles. The molecule has 0 bridgehead atoms. The number of benzene rings is 1. The fourth-order valence-corrected chi connectivity index (χ4v) is 3.40. The van der Waals surface area contributed by atoms with Crippen molar-refractivity contribution in [2.45, 2.75) is 32.7 Å². The van der Waals surface area contributed by atoms with Crippen LogP contribution >= 0.6 is 0 Å². The number of carbonyl (C=O) groups excluding carboxylic acids is 1. The zero-order chi connectivity index (χ0) is 14.1. The molecular weight excluding hydrogens is 248 g/mol. The van der Waals surface area contributed by atoms with Crippen molar-refractivity contribution in [3.8, 4) is 0 Å². The van der Waals surface area contributed by atoms with Crippen molar-refractivity contribution >= 4 is 5.91 Å². The first-order chi connectivity index (χ1) is 9.66. The normalized spacial score (nSPS) is 29.9. The Morgan fingerprint density at radius 1 is 1.25 bits per heavy atom. The number of piperidine rings is 1. The van der Waals surface area contributed by atoms with E-state index in [0.717, 1.165) is 38.5 Å². The zero-order valence-electron chi connectivity index (χ0n) is 12.4. The maximum Gasteiger partial charge on any atom is 0.231 e. The van der Waals surface area contributed by atoms with Gasteiger partial charge in [0.2, 0.25) is 5.91 Å².